The lowest BCUT2D eigenvalue weighted by atomic mass is 10.0. The predicted octanol–water partition coefficient (Wildman–Crippen LogP) is 2.48. The van der Waals surface area contributed by atoms with Gasteiger partial charge in [0.2, 0.25) is 0 Å². The Morgan fingerprint density at radius 3 is 2.30 bits per heavy atom. The fraction of sp³-hybridized carbons (Fsp3) is 0.364. The zero-order chi connectivity index (χ0) is 15.7. The van der Waals surface area contributed by atoms with Crippen LogP contribution in [0.1, 0.15) is 28.4 Å². The molecule has 0 aromatic heterocycles. The third-order valence-electron chi connectivity index (χ3n) is 2.56. The number of aromatic carboxylic acids is 1. The molecule has 1 aromatic rings. The third-order valence-corrected chi connectivity index (χ3v) is 3.51. The van der Waals surface area contributed by atoms with Gasteiger partial charge in [-0.15, -0.1) is 0 Å². The number of rotatable bonds is 4. The Bertz CT molecular complexity index is 634. The van der Waals surface area contributed by atoms with Crippen LogP contribution in [0.15, 0.2) is 12.1 Å². The van der Waals surface area contributed by atoms with Gasteiger partial charge in [-0.2, -0.15) is 21.6 Å². The lowest BCUT2D eigenvalue weighted by Crippen LogP contribution is -2.29. The molecule has 0 saturated carbocycles. The fourth-order valence-corrected chi connectivity index (χ4v) is 2.09. The van der Waals surface area contributed by atoms with Gasteiger partial charge in [0.25, 0.3) is 0 Å². The number of hydrogen-bond acceptors (Lipinski definition) is 4. The maximum atomic E-state index is 12.3. The van der Waals surface area contributed by atoms with Crippen LogP contribution in [0.25, 0.3) is 0 Å². The van der Waals surface area contributed by atoms with Crippen molar-refractivity contribution in [2.24, 2.45) is 0 Å². The Balaban J connectivity index is 3.51. The molecule has 0 aliphatic heterocycles. The summed E-state index contributed by atoms with van der Waals surface area (Å²) in [4.78, 5) is 11.0. The summed E-state index contributed by atoms with van der Waals surface area (Å²) in [6.07, 6.45) is 0.121. The second-order valence-electron chi connectivity index (χ2n) is 3.88. The number of halogens is 3. The molecule has 0 saturated heterocycles. The standard InChI is InChI=1S/C11H11F3O5S/c1-3-7-6(2)4-5-8(10(15)16)9(7)19-20(17,18)11(12,13)14/h4-5H,3H2,1-2H3,(H,15,16). The Morgan fingerprint density at radius 1 is 1.35 bits per heavy atom. The second-order valence-corrected chi connectivity index (χ2v) is 5.42. The minimum Gasteiger partial charge on any atom is -0.478 e. The van der Waals surface area contributed by atoms with E-state index < -0.39 is 32.9 Å². The summed E-state index contributed by atoms with van der Waals surface area (Å²) in [6, 6.07) is 2.37. The zero-order valence-corrected chi connectivity index (χ0v) is 11.3. The van der Waals surface area contributed by atoms with Gasteiger partial charge in [0.15, 0.2) is 5.75 Å². The molecule has 1 aromatic carbocycles. The molecule has 5 nitrogen and oxygen atoms in total. The van der Waals surface area contributed by atoms with Crippen molar-refractivity contribution in [1.29, 1.82) is 0 Å². The molecule has 0 atom stereocenters. The van der Waals surface area contributed by atoms with Crippen LogP contribution in [0.3, 0.4) is 0 Å². The molecule has 0 spiro atoms. The zero-order valence-electron chi connectivity index (χ0n) is 10.5. The number of benzene rings is 1. The van der Waals surface area contributed by atoms with Crippen molar-refractivity contribution < 1.29 is 35.7 Å². The fourth-order valence-electron chi connectivity index (χ4n) is 1.59. The van der Waals surface area contributed by atoms with Crippen molar-refractivity contribution >= 4 is 16.1 Å². The molecule has 0 unspecified atom stereocenters. The summed E-state index contributed by atoms with van der Waals surface area (Å²) < 4.78 is 63.1. The summed E-state index contributed by atoms with van der Waals surface area (Å²) in [5.74, 6) is -2.37. The number of alkyl halides is 3. The quantitative estimate of drug-likeness (QED) is 0.682. The largest absolute Gasteiger partial charge is 0.534 e. The Hall–Kier alpha value is -1.77. The number of carbonyl (C=O) groups is 1. The first-order chi connectivity index (χ1) is 9.01. The number of hydrogen-bond donors (Lipinski definition) is 1. The molecule has 0 fully saturated rings. The molecule has 0 heterocycles. The molecule has 0 aliphatic carbocycles. The van der Waals surface area contributed by atoms with Crippen LogP contribution in [0.2, 0.25) is 0 Å². The van der Waals surface area contributed by atoms with E-state index in [2.05, 4.69) is 4.18 Å². The molecular weight excluding hydrogens is 301 g/mol. The Labute approximate surface area is 113 Å². The highest BCUT2D eigenvalue weighted by Gasteiger charge is 2.49. The van der Waals surface area contributed by atoms with Gasteiger partial charge in [0.05, 0.1) is 0 Å². The SMILES string of the molecule is CCc1c(C)ccc(C(=O)O)c1OS(=O)(=O)C(F)(F)F. The highest BCUT2D eigenvalue weighted by atomic mass is 32.2. The minimum absolute atomic E-state index is 0.0951. The van der Waals surface area contributed by atoms with Gasteiger partial charge in [-0.3, -0.25) is 0 Å². The molecule has 9 heteroatoms. The maximum absolute atomic E-state index is 12.3. The van der Waals surface area contributed by atoms with E-state index in [0.717, 1.165) is 6.07 Å². The molecule has 0 radical (unpaired) electrons. The number of carboxylic acids is 1. The Morgan fingerprint density at radius 2 is 1.90 bits per heavy atom. The van der Waals surface area contributed by atoms with Crippen LogP contribution in [0.4, 0.5) is 13.2 Å². The first-order valence-electron chi connectivity index (χ1n) is 5.37. The molecule has 1 N–H and O–H groups in total. The van der Waals surface area contributed by atoms with Gasteiger partial charge in [0.1, 0.15) is 5.56 Å². The molecule has 0 amide bonds. The predicted molar refractivity (Wildman–Crippen MR) is 63.1 cm³/mol. The van der Waals surface area contributed by atoms with Gasteiger partial charge in [0, 0.05) is 0 Å². The van der Waals surface area contributed by atoms with Crippen LogP contribution >= 0.6 is 0 Å². The van der Waals surface area contributed by atoms with Crippen molar-refractivity contribution in [2.75, 3.05) is 0 Å². The third kappa shape index (κ3) is 3.03. The summed E-state index contributed by atoms with van der Waals surface area (Å²) in [5, 5.41) is 8.92. The summed E-state index contributed by atoms with van der Waals surface area (Å²) in [6.45, 7) is 3.05. The van der Waals surface area contributed by atoms with E-state index >= 15 is 0 Å². The van der Waals surface area contributed by atoms with Gasteiger partial charge in [-0.25, -0.2) is 4.79 Å². The van der Waals surface area contributed by atoms with Crippen LogP contribution in [-0.4, -0.2) is 25.0 Å². The lowest BCUT2D eigenvalue weighted by molar-refractivity contribution is -0.0500. The monoisotopic (exact) mass is 312 g/mol. The van der Waals surface area contributed by atoms with E-state index in [0.29, 0.717) is 5.56 Å². The second kappa shape index (κ2) is 5.31. The van der Waals surface area contributed by atoms with E-state index in [4.69, 9.17) is 5.11 Å². The molecule has 112 valence electrons. The molecule has 1 rings (SSSR count). The minimum atomic E-state index is -5.92. The van der Waals surface area contributed by atoms with Crippen molar-refractivity contribution in [1.82, 2.24) is 0 Å². The maximum Gasteiger partial charge on any atom is 0.534 e. The number of carboxylic acid groups (broad SMARTS) is 1. The first-order valence-corrected chi connectivity index (χ1v) is 6.78. The molecule has 0 aliphatic rings. The van der Waals surface area contributed by atoms with E-state index in [1.807, 2.05) is 0 Å². The van der Waals surface area contributed by atoms with E-state index in [9.17, 15) is 26.4 Å². The van der Waals surface area contributed by atoms with Gasteiger partial charge >= 0.3 is 21.6 Å². The summed E-state index contributed by atoms with van der Waals surface area (Å²) in [5.41, 5.74) is -5.74. The number of aryl methyl sites for hydroxylation is 1. The smallest absolute Gasteiger partial charge is 0.478 e. The van der Waals surface area contributed by atoms with Crippen molar-refractivity contribution in [3.63, 3.8) is 0 Å². The topological polar surface area (TPSA) is 80.7 Å². The van der Waals surface area contributed by atoms with Gasteiger partial charge < -0.3 is 9.29 Å². The van der Waals surface area contributed by atoms with Crippen LogP contribution in [0, 0.1) is 6.92 Å². The summed E-state index contributed by atoms with van der Waals surface area (Å²) in [7, 11) is -5.92. The van der Waals surface area contributed by atoms with E-state index in [1.165, 1.54) is 13.0 Å². The van der Waals surface area contributed by atoms with Crippen LogP contribution in [0.5, 0.6) is 5.75 Å². The molecule has 20 heavy (non-hydrogen) atoms. The highest BCUT2D eigenvalue weighted by molar-refractivity contribution is 7.88. The van der Waals surface area contributed by atoms with E-state index in [-0.39, 0.29) is 12.0 Å². The van der Waals surface area contributed by atoms with Crippen molar-refractivity contribution in [3.8, 4) is 5.75 Å². The Kier molecular flexibility index (Phi) is 4.33. The average Bonchev–Trinajstić information content (AvgIpc) is 2.26. The normalized spacial score (nSPS) is 12.2. The molecule has 0 bridgehead atoms. The average molecular weight is 312 g/mol. The summed E-state index contributed by atoms with van der Waals surface area (Å²) >= 11 is 0. The van der Waals surface area contributed by atoms with Crippen molar-refractivity contribution in [2.45, 2.75) is 25.8 Å². The van der Waals surface area contributed by atoms with Crippen LogP contribution in [-0.2, 0) is 16.5 Å². The highest BCUT2D eigenvalue weighted by Crippen LogP contribution is 2.33. The van der Waals surface area contributed by atoms with Crippen LogP contribution < -0.4 is 4.18 Å². The first kappa shape index (κ1) is 16.3. The van der Waals surface area contributed by atoms with Crippen molar-refractivity contribution in [3.05, 3.63) is 28.8 Å². The van der Waals surface area contributed by atoms with Gasteiger partial charge in [-0.05, 0) is 30.5 Å². The molecular formula is C11H11F3O5S. The lowest BCUT2D eigenvalue weighted by Gasteiger charge is -2.16. The van der Waals surface area contributed by atoms with Gasteiger partial charge in [-0.1, -0.05) is 13.0 Å². The van der Waals surface area contributed by atoms with E-state index in [1.54, 1.807) is 6.92 Å².